The lowest BCUT2D eigenvalue weighted by atomic mass is 9.87. The van der Waals surface area contributed by atoms with E-state index in [4.69, 9.17) is 17.0 Å². The number of hydrazine groups is 1. The van der Waals surface area contributed by atoms with Crippen LogP contribution in [0.3, 0.4) is 0 Å². The molecule has 6 nitrogen and oxygen atoms in total. The van der Waals surface area contributed by atoms with Crippen molar-refractivity contribution in [3.8, 4) is 5.75 Å². The first-order valence-electron chi connectivity index (χ1n) is 11.0. The number of hydrogen-bond acceptors (Lipinski definition) is 4. The van der Waals surface area contributed by atoms with Gasteiger partial charge in [0.05, 0.1) is 6.61 Å². The zero-order chi connectivity index (χ0) is 24.6. The van der Waals surface area contributed by atoms with Gasteiger partial charge in [-0.05, 0) is 65.2 Å². The number of benzene rings is 3. The zero-order valence-electron chi connectivity index (χ0n) is 19.6. The summed E-state index contributed by atoms with van der Waals surface area (Å²) in [6, 6.07) is 24.2. The average molecular weight is 476 g/mol. The summed E-state index contributed by atoms with van der Waals surface area (Å²) in [7, 11) is 0. The van der Waals surface area contributed by atoms with Crippen LogP contribution in [0.15, 0.2) is 78.9 Å². The molecule has 0 atom stereocenters. The summed E-state index contributed by atoms with van der Waals surface area (Å²) in [6.07, 6.45) is 0.801. The second-order valence-corrected chi connectivity index (χ2v) is 9.21. The molecular formula is C27H29N3O3S. The minimum Gasteiger partial charge on any atom is -0.493 e. The molecule has 0 aliphatic rings. The SMILES string of the molecule is CC(C)(C)c1ccc(C(=O)NNC(=S)NC(=O)c2ccc(OCCc3ccccc3)cc2)cc1. The van der Waals surface area contributed by atoms with Gasteiger partial charge >= 0.3 is 0 Å². The van der Waals surface area contributed by atoms with Crippen molar-refractivity contribution in [1.29, 1.82) is 0 Å². The molecule has 176 valence electrons. The molecule has 2 amide bonds. The van der Waals surface area contributed by atoms with E-state index in [9.17, 15) is 9.59 Å². The third-order valence-electron chi connectivity index (χ3n) is 5.15. The molecule has 0 spiro atoms. The molecule has 0 saturated carbocycles. The molecule has 0 aliphatic heterocycles. The second kappa shape index (κ2) is 11.4. The van der Waals surface area contributed by atoms with Crippen molar-refractivity contribution < 1.29 is 14.3 Å². The predicted molar refractivity (Wildman–Crippen MR) is 138 cm³/mol. The molecule has 0 heterocycles. The van der Waals surface area contributed by atoms with E-state index >= 15 is 0 Å². The number of carbonyl (C=O) groups excluding carboxylic acids is 2. The maximum atomic E-state index is 12.4. The Labute approximate surface area is 205 Å². The number of ether oxygens (including phenoxy) is 1. The Morgan fingerprint density at radius 3 is 2.00 bits per heavy atom. The smallest absolute Gasteiger partial charge is 0.269 e. The van der Waals surface area contributed by atoms with Crippen LogP contribution in [-0.4, -0.2) is 23.5 Å². The highest BCUT2D eigenvalue weighted by atomic mass is 32.1. The van der Waals surface area contributed by atoms with Crippen LogP contribution < -0.4 is 20.9 Å². The topological polar surface area (TPSA) is 79.5 Å². The van der Waals surface area contributed by atoms with E-state index in [0.717, 1.165) is 12.0 Å². The summed E-state index contributed by atoms with van der Waals surface area (Å²) in [5.74, 6) is -0.0656. The molecule has 0 radical (unpaired) electrons. The van der Waals surface area contributed by atoms with Crippen molar-refractivity contribution in [3.05, 3.63) is 101 Å². The van der Waals surface area contributed by atoms with Gasteiger partial charge in [-0.15, -0.1) is 0 Å². The summed E-state index contributed by atoms with van der Waals surface area (Å²) in [5.41, 5.74) is 8.29. The first-order valence-corrected chi connectivity index (χ1v) is 11.4. The lowest BCUT2D eigenvalue weighted by molar-refractivity contribution is 0.0934. The van der Waals surface area contributed by atoms with Gasteiger partial charge in [0, 0.05) is 17.5 Å². The highest BCUT2D eigenvalue weighted by molar-refractivity contribution is 7.80. The summed E-state index contributed by atoms with van der Waals surface area (Å²) >= 11 is 5.12. The Bertz CT molecular complexity index is 1120. The minimum atomic E-state index is -0.392. The number of thiocarbonyl (C=S) groups is 1. The molecule has 0 unspecified atom stereocenters. The van der Waals surface area contributed by atoms with Gasteiger partial charge in [-0.1, -0.05) is 63.2 Å². The van der Waals surface area contributed by atoms with E-state index in [1.807, 2.05) is 30.3 Å². The van der Waals surface area contributed by atoms with Crippen LogP contribution >= 0.6 is 12.2 Å². The van der Waals surface area contributed by atoms with Gasteiger partial charge in [0.2, 0.25) is 0 Å². The minimum absolute atomic E-state index is 0.00555. The quantitative estimate of drug-likeness (QED) is 0.360. The third kappa shape index (κ3) is 7.42. The highest BCUT2D eigenvalue weighted by Crippen LogP contribution is 2.22. The zero-order valence-corrected chi connectivity index (χ0v) is 20.4. The summed E-state index contributed by atoms with van der Waals surface area (Å²) in [6.45, 7) is 6.87. The largest absolute Gasteiger partial charge is 0.493 e. The van der Waals surface area contributed by atoms with E-state index in [-0.39, 0.29) is 16.4 Å². The number of hydrogen-bond donors (Lipinski definition) is 3. The summed E-state index contributed by atoms with van der Waals surface area (Å²) < 4.78 is 5.74. The normalized spacial score (nSPS) is 10.8. The Balaban J connectivity index is 1.43. The molecule has 0 saturated heterocycles. The molecule has 3 rings (SSSR count). The first-order chi connectivity index (χ1) is 16.2. The van der Waals surface area contributed by atoms with Gasteiger partial charge in [-0.25, -0.2) is 0 Å². The third-order valence-corrected chi connectivity index (χ3v) is 5.35. The van der Waals surface area contributed by atoms with Crippen molar-refractivity contribution in [2.24, 2.45) is 0 Å². The first kappa shape index (κ1) is 24.9. The number of amides is 2. The van der Waals surface area contributed by atoms with Crippen LogP contribution in [0, 0.1) is 0 Å². The molecule has 3 N–H and O–H groups in total. The van der Waals surface area contributed by atoms with E-state index < -0.39 is 5.91 Å². The van der Waals surface area contributed by atoms with Crippen LogP contribution in [0.5, 0.6) is 5.75 Å². The lowest BCUT2D eigenvalue weighted by Crippen LogP contribution is -2.48. The van der Waals surface area contributed by atoms with Crippen LogP contribution in [0.25, 0.3) is 0 Å². The van der Waals surface area contributed by atoms with E-state index in [2.05, 4.69) is 49.1 Å². The second-order valence-electron chi connectivity index (χ2n) is 8.80. The number of rotatable bonds is 6. The predicted octanol–water partition coefficient (Wildman–Crippen LogP) is 4.55. The molecule has 7 heteroatoms. The Morgan fingerprint density at radius 2 is 1.38 bits per heavy atom. The molecule has 3 aromatic rings. The fourth-order valence-corrected chi connectivity index (χ4v) is 3.29. The van der Waals surface area contributed by atoms with Crippen molar-refractivity contribution in [2.45, 2.75) is 32.6 Å². The van der Waals surface area contributed by atoms with Crippen LogP contribution in [-0.2, 0) is 11.8 Å². The molecule has 34 heavy (non-hydrogen) atoms. The van der Waals surface area contributed by atoms with E-state index in [1.54, 1.807) is 36.4 Å². The van der Waals surface area contributed by atoms with Crippen molar-refractivity contribution in [1.82, 2.24) is 16.2 Å². The van der Waals surface area contributed by atoms with Gasteiger partial charge in [0.15, 0.2) is 5.11 Å². The van der Waals surface area contributed by atoms with Gasteiger partial charge in [0.25, 0.3) is 11.8 Å². The van der Waals surface area contributed by atoms with Crippen molar-refractivity contribution >= 4 is 29.1 Å². The van der Waals surface area contributed by atoms with E-state index in [1.165, 1.54) is 5.56 Å². The van der Waals surface area contributed by atoms with Crippen molar-refractivity contribution in [3.63, 3.8) is 0 Å². The number of carbonyl (C=O) groups is 2. The van der Waals surface area contributed by atoms with Crippen LogP contribution in [0.1, 0.15) is 52.6 Å². The summed E-state index contributed by atoms with van der Waals surface area (Å²) in [5, 5.41) is 2.54. The van der Waals surface area contributed by atoms with Crippen LogP contribution in [0.2, 0.25) is 0 Å². The molecule has 0 aliphatic carbocycles. The molecule has 3 aromatic carbocycles. The Kier molecular flexibility index (Phi) is 8.38. The maximum absolute atomic E-state index is 12.4. The van der Waals surface area contributed by atoms with Crippen molar-refractivity contribution in [2.75, 3.05) is 6.61 Å². The van der Waals surface area contributed by atoms with Gasteiger partial charge in [-0.3, -0.25) is 25.8 Å². The maximum Gasteiger partial charge on any atom is 0.269 e. The van der Waals surface area contributed by atoms with Crippen LogP contribution in [0.4, 0.5) is 0 Å². The average Bonchev–Trinajstić information content (AvgIpc) is 2.83. The highest BCUT2D eigenvalue weighted by Gasteiger charge is 2.15. The van der Waals surface area contributed by atoms with Gasteiger partial charge in [-0.2, -0.15) is 0 Å². The standard InChI is InChI=1S/C27H29N3O3S/c1-27(2,3)22-13-9-21(10-14-22)25(32)29-30-26(34)28-24(31)20-11-15-23(16-12-20)33-18-17-19-7-5-4-6-8-19/h4-16H,17-18H2,1-3H3,(H,29,32)(H2,28,30,31,34). The fraction of sp³-hybridized carbons (Fsp3) is 0.222. The molecule has 0 fully saturated rings. The van der Waals surface area contributed by atoms with Gasteiger partial charge < -0.3 is 4.74 Å². The lowest BCUT2D eigenvalue weighted by Gasteiger charge is -2.19. The molecule has 0 bridgehead atoms. The molecule has 0 aromatic heterocycles. The van der Waals surface area contributed by atoms with E-state index in [0.29, 0.717) is 23.5 Å². The Morgan fingerprint density at radius 1 is 0.794 bits per heavy atom. The number of nitrogens with one attached hydrogen (secondary N) is 3. The fourth-order valence-electron chi connectivity index (χ4n) is 3.15. The Hall–Kier alpha value is -3.71. The molecular weight excluding hydrogens is 446 g/mol. The summed E-state index contributed by atoms with van der Waals surface area (Å²) in [4.78, 5) is 24.7. The van der Waals surface area contributed by atoms with Gasteiger partial charge in [0.1, 0.15) is 5.75 Å². The monoisotopic (exact) mass is 475 g/mol.